The first-order valence-corrected chi connectivity index (χ1v) is 8.35. The van der Waals surface area contributed by atoms with Gasteiger partial charge in [0, 0.05) is 19.6 Å². The molecule has 1 aliphatic heterocycles. The summed E-state index contributed by atoms with van der Waals surface area (Å²) >= 11 is 0. The maximum atomic E-state index is 12.8. The van der Waals surface area contributed by atoms with Crippen LogP contribution in [0.5, 0.6) is 0 Å². The second-order valence-electron chi connectivity index (χ2n) is 4.95. The third kappa shape index (κ3) is 3.25. The summed E-state index contributed by atoms with van der Waals surface area (Å²) in [7, 11) is -2.33. The normalized spacial score (nSPS) is 15.8. The van der Waals surface area contributed by atoms with E-state index >= 15 is 0 Å². The van der Waals surface area contributed by atoms with Crippen LogP contribution in [0.2, 0.25) is 0 Å². The number of carbonyl (C=O) groups excluding carboxylic acids is 1. The second-order valence-corrected chi connectivity index (χ2v) is 6.84. The van der Waals surface area contributed by atoms with Gasteiger partial charge in [0.25, 0.3) is 0 Å². The lowest BCUT2D eigenvalue weighted by molar-refractivity contribution is 0.0600. The molecular weight excluding hydrogens is 292 g/mol. The van der Waals surface area contributed by atoms with Crippen molar-refractivity contribution in [2.24, 2.45) is 0 Å². The first kappa shape index (κ1) is 15.9. The van der Waals surface area contributed by atoms with Crippen molar-refractivity contribution in [3.63, 3.8) is 0 Å². The molecule has 21 heavy (non-hydrogen) atoms. The van der Waals surface area contributed by atoms with E-state index in [1.807, 2.05) is 6.92 Å². The number of nitrogens with zero attached hydrogens (tertiary/aromatic N) is 1. The molecule has 1 N–H and O–H groups in total. The standard InChI is InChI=1S/C14H20N2O4S/c1-3-7-16(12-9-15-10-12)21(18,19)13-6-4-5-11(8-13)14(17)20-2/h4-6,8,12,15H,3,7,9-10H2,1-2H3. The Kier molecular flexibility index (Phi) is 4.97. The number of benzene rings is 1. The first-order valence-electron chi connectivity index (χ1n) is 6.91. The fourth-order valence-electron chi connectivity index (χ4n) is 2.23. The minimum atomic E-state index is -3.60. The number of sulfonamides is 1. The number of ether oxygens (including phenoxy) is 1. The Bertz CT molecular complexity index is 611. The molecule has 1 saturated heterocycles. The topological polar surface area (TPSA) is 75.7 Å². The van der Waals surface area contributed by atoms with Crippen LogP contribution in [0.15, 0.2) is 29.2 Å². The third-order valence-electron chi connectivity index (χ3n) is 3.47. The molecule has 0 aliphatic carbocycles. The number of hydrogen-bond donors (Lipinski definition) is 1. The third-order valence-corrected chi connectivity index (χ3v) is 5.42. The molecule has 0 saturated carbocycles. The van der Waals surface area contributed by atoms with Crippen LogP contribution >= 0.6 is 0 Å². The van der Waals surface area contributed by atoms with E-state index in [1.54, 1.807) is 12.1 Å². The van der Waals surface area contributed by atoms with E-state index < -0.39 is 16.0 Å². The molecule has 0 amide bonds. The average Bonchev–Trinajstić information content (AvgIpc) is 2.44. The van der Waals surface area contributed by atoms with Crippen LogP contribution in [0.1, 0.15) is 23.7 Å². The molecule has 1 heterocycles. The molecule has 7 heteroatoms. The van der Waals surface area contributed by atoms with Crippen molar-refractivity contribution in [1.82, 2.24) is 9.62 Å². The predicted molar refractivity (Wildman–Crippen MR) is 78.6 cm³/mol. The quantitative estimate of drug-likeness (QED) is 0.788. The highest BCUT2D eigenvalue weighted by Gasteiger charge is 2.34. The van der Waals surface area contributed by atoms with Gasteiger partial charge in [0.15, 0.2) is 0 Å². The van der Waals surface area contributed by atoms with Gasteiger partial charge in [0.2, 0.25) is 10.0 Å². The molecule has 1 fully saturated rings. The Hall–Kier alpha value is -1.44. The molecule has 1 aliphatic rings. The summed E-state index contributed by atoms with van der Waals surface area (Å²) in [5.74, 6) is -0.542. The fraction of sp³-hybridized carbons (Fsp3) is 0.500. The lowest BCUT2D eigenvalue weighted by atomic mass is 10.2. The van der Waals surface area contributed by atoms with Gasteiger partial charge < -0.3 is 10.1 Å². The smallest absolute Gasteiger partial charge is 0.337 e. The van der Waals surface area contributed by atoms with Gasteiger partial charge in [-0.15, -0.1) is 0 Å². The monoisotopic (exact) mass is 312 g/mol. The number of esters is 1. The Labute approximate surface area is 125 Å². The molecule has 1 aromatic carbocycles. The van der Waals surface area contributed by atoms with E-state index in [-0.39, 0.29) is 16.5 Å². The average molecular weight is 312 g/mol. The lowest BCUT2D eigenvalue weighted by Crippen LogP contribution is -2.58. The van der Waals surface area contributed by atoms with E-state index in [0.717, 1.165) is 6.42 Å². The predicted octanol–water partition coefficient (Wildman–Crippen LogP) is 0.846. The summed E-state index contributed by atoms with van der Waals surface area (Å²) in [5, 5.41) is 3.08. The summed E-state index contributed by atoms with van der Waals surface area (Å²) in [4.78, 5) is 11.7. The van der Waals surface area contributed by atoms with Crippen molar-refractivity contribution >= 4 is 16.0 Å². The Morgan fingerprint density at radius 1 is 1.43 bits per heavy atom. The molecule has 1 aromatic rings. The van der Waals surface area contributed by atoms with Crippen molar-refractivity contribution in [2.75, 3.05) is 26.7 Å². The molecule has 2 rings (SSSR count). The van der Waals surface area contributed by atoms with Gasteiger partial charge in [-0.3, -0.25) is 0 Å². The largest absolute Gasteiger partial charge is 0.465 e. The summed E-state index contributed by atoms with van der Waals surface area (Å²) in [6, 6.07) is 5.96. The minimum Gasteiger partial charge on any atom is -0.465 e. The van der Waals surface area contributed by atoms with E-state index in [0.29, 0.717) is 19.6 Å². The summed E-state index contributed by atoms with van der Waals surface area (Å²) < 4.78 is 31.7. The van der Waals surface area contributed by atoms with Crippen molar-refractivity contribution in [3.05, 3.63) is 29.8 Å². The molecule has 0 unspecified atom stereocenters. The van der Waals surface area contributed by atoms with Crippen LogP contribution in [0.3, 0.4) is 0 Å². The SMILES string of the molecule is CCCN(C1CNC1)S(=O)(=O)c1cccc(C(=O)OC)c1. The molecule has 0 spiro atoms. The Morgan fingerprint density at radius 3 is 2.67 bits per heavy atom. The van der Waals surface area contributed by atoms with Gasteiger partial charge >= 0.3 is 5.97 Å². The van der Waals surface area contributed by atoms with Crippen LogP contribution in [0, 0.1) is 0 Å². The molecule has 0 radical (unpaired) electrons. The maximum absolute atomic E-state index is 12.8. The molecule has 0 bridgehead atoms. The Balaban J connectivity index is 2.35. The van der Waals surface area contributed by atoms with Crippen LogP contribution in [0.25, 0.3) is 0 Å². The van der Waals surface area contributed by atoms with Crippen LogP contribution in [-0.2, 0) is 14.8 Å². The zero-order valence-electron chi connectivity index (χ0n) is 12.2. The van der Waals surface area contributed by atoms with Gasteiger partial charge in [-0.25, -0.2) is 13.2 Å². The van der Waals surface area contributed by atoms with E-state index in [1.165, 1.54) is 23.5 Å². The molecule has 6 nitrogen and oxygen atoms in total. The van der Waals surface area contributed by atoms with Gasteiger partial charge in [-0.1, -0.05) is 13.0 Å². The first-order chi connectivity index (χ1) is 10.0. The van der Waals surface area contributed by atoms with Gasteiger partial charge in [-0.05, 0) is 24.6 Å². The number of hydrogen-bond acceptors (Lipinski definition) is 5. The summed E-state index contributed by atoms with van der Waals surface area (Å²) in [6.45, 7) is 3.74. The van der Waals surface area contributed by atoms with Crippen molar-refractivity contribution < 1.29 is 17.9 Å². The van der Waals surface area contributed by atoms with Gasteiger partial charge in [-0.2, -0.15) is 4.31 Å². The van der Waals surface area contributed by atoms with E-state index in [9.17, 15) is 13.2 Å². The molecule has 116 valence electrons. The van der Waals surface area contributed by atoms with E-state index in [2.05, 4.69) is 10.1 Å². The Morgan fingerprint density at radius 2 is 2.14 bits per heavy atom. The molecule has 0 atom stereocenters. The van der Waals surface area contributed by atoms with Crippen molar-refractivity contribution in [1.29, 1.82) is 0 Å². The zero-order chi connectivity index (χ0) is 15.5. The highest BCUT2D eigenvalue weighted by Crippen LogP contribution is 2.21. The zero-order valence-corrected chi connectivity index (χ0v) is 13.0. The minimum absolute atomic E-state index is 0.0169. The fourth-order valence-corrected chi connectivity index (χ4v) is 3.99. The maximum Gasteiger partial charge on any atom is 0.337 e. The summed E-state index contributed by atoms with van der Waals surface area (Å²) in [5.41, 5.74) is 0.238. The number of carbonyl (C=O) groups is 1. The summed E-state index contributed by atoms with van der Waals surface area (Å²) in [6.07, 6.45) is 0.742. The highest BCUT2D eigenvalue weighted by atomic mass is 32.2. The second kappa shape index (κ2) is 6.55. The van der Waals surface area contributed by atoms with Crippen molar-refractivity contribution in [3.8, 4) is 0 Å². The van der Waals surface area contributed by atoms with Crippen molar-refractivity contribution in [2.45, 2.75) is 24.3 Å². The van der Waals surface area contributed by atoms with E-state index in [4.69, 9.17) is 0 Å². The van der Waals surface area contributed by atoms with Gasteiger partial charge in [0.05, 0.1) is 23.6 Å². The lowest BCUT2D eigenvalue weighted by Gasteiger charge is -2.37. The van der Waals surface area contributed by atoms with Gasteiger partial charge in [0.1, 0.15) is 0 Å². The number of methoxy groups -OCH3 is 1. The highest BCUT2D eigenvalue weighted by molar-refractivity contribution is 7.89. The number of nitrogens with one attached hydrogen (secondary N) is 1. The van der Waals surface area contributed by atoms with Crippen LogP contribution in [0.4, 0.5) is 0 Å². The van der Waals surface area contributed by atoms with Crippen LogP contribution < -0.4 is 5.32 Å². The molecular formula is C14H20N2O4S. The number of rotatable bonds is 6. The van der Waals surface area contributed by atoms with Crippen LogP contribution in [-0.4, -0.2) is 51.5 Å². The molecule has 0 aromatic heterocycles.